The molecule has 4 atom stereocenters. The minimum atomic E-state index is -0.994. The van der Waals surface area contributed by atoms with Gasteiger partial charge in [-0.3, -0.25) is 14.5 Å². The van der Waals surface area contributed by atoms with Crippen LogP contribution in [0.5, 0.6) is 0 Å². The molecule has 11 heteroatoms. The van der Waals surface area contributed by atoms with Gasteiger partial charge >= 0.3 is 5.97 Å². The normalized spacial score (nSPS) is 21.3. The van der Waals surface area contributed by atoms with Gasteiger partial charge in [0.15, 0.2) is 6.29 Å². The summed E-state index contributed by atoms with van der Waals surface area (Å²) in [4.78, 5) is 36.4. The van der Waals surface area contributed by atoms with Crippen molar-refractivity contribution >= 4 is 17.8 Å². The number of amides is 1. The summed E-state index contributed by atoms with van der Waals surface area (Å²) in [6.45, 7) is 6.66. The molecule has 3 N–H and O–H groups in total. The first kappa shape index (κ1) is 34.2. The van der Waals surface area contributed by atoms with Crippen LogP contribution >= 0.6 is 0 Å². The van der Waals surface area contributed by atoms with Gasteiger partial charge in [-0.25, -0.2) is 9.97 Å². The molecule has 2 saturated heterocycles. The molecule has 0 bridgehead atoms. The first-order chi connectivity index (χ1) is 23.9. The number of aliphatic hydroxyl groups is 1. The highest BCUT2D eigenvalue weighted by Crippen LogP contribution is 2.42. The monoisotopic (exact) mass is 665 g/mol. The van der Waals surface area contributed by atoms with Crippen molar-refractivity contribution in [1.82, 2.24) is 20.2 Å². The van der Waals surface area contributed by atoms with Gasteiger partial charge in [0, 0.05) is 69.6 Å². The first-order valence-electron chi connectivity index (χ1n) is 16.8. The Morgan fingerprint density at radius 1 is 0.837 bits per heavy atom. The SMILES string of the molecule is C[C@H]1[C@@H](CN2CCN(c3ncccn3)CC2)O[C@@H](c2cccc(-c3cccc(CNC(=O)CCC(=O)O)c3)c2)O[C@H]1c1ccc(CO)cc1. The number of aliphatic hydroxyl groups excluding tert-OH is 1. The maximum Gasteiger partial charge on any atom is 0.303 e. The van der Waals surface area contributed by atoms with Crippen molar-refractivity contribution < 1.29 is 29.3 Å². The van der Waals surface area contributed by atoms with Crippen molar-refractivity contribution in [2.24, 2.45) is 5.92 Å². The standard InChI is InChI=1S/C38H43N5O6/c1-26-33(24-42-17-19-43(20-18-42)38-39-15-4-16-40-38)48-37(49-36(26)29-11-9-27(25-44)10-12-29)32-8-3-7-31(22-32)30-6-2-5-28(21-30)23-41-34(45)13-14-35(46)47/h2-12,15-16,21-22,26,33,36-37,44H,13-14,17-20,23-25H2,1H3,(H,41,45)(H,46,47)/t26-,33+,36+,37+/m0/s1. The molecule has 3 aromatic carbocycles. The smallest absolute Gasteiger partial charge is 0.303 e. The predicted octanol–water partition coefficient (Wildman–Crippen LogP) is 4.73. The van der Waals surface area contributed by atoms with E-state index in [2.05, 4.69) is 38.1 Å². The summed E-state index contributed by atoms with van der Waals surface area (Å²) in [6, 6.07) is 25.9. The maximum absolute atomic E-state index is 12.1. The minimum absolute atomic E-state index is 0.0131. The fourth-order valence-electron chi connectivity index (χ4n) is 6.40. The van der Waals surface area contributed by atoms with Crippen molar-refractivity contribution in [3.05, 3.63) is 114 Å². The van der Waals surface area contributed by atoms with Gasteiger partial charge in [0.05, 0.1) is 25.2 Å². The van der Waals surface area contributed by atoms with Crippen LogP contribution in [0.4, 0.5) is 5.95 Å². The Morgan fingerprint density at radius 3 is 2.27 bits per heavy atom. The molecule has 3 heterocycles. The predicted molar refractivity (Wildman–Crippen MR) is 184 cm³/mol. The number of benzene rings is 3. The molecule has 1 aromatic heterocycles. The number of nitrogens with zero attached hydrogens (tertiary/aromatic N) is 4. The third-order valence-electron chi connectivity index (χ3n) is 9.24. The van der Waals surface area contributed by atoms with E-state index in [0.29, 0.717) is 6.54 Å². The number of carbonyl (C=O) groups excluding carboxylic acids is 1. The molecule has 11 nitrogen and oxygen atoms in total. The molecule has 1 amide bonds. The second-order valence-corrected chi connectivity index (χ2v) is 12.7. The number of nitrogens with one attached hydrogen (secondary N) is 1. The minimum Gasteiger partial charge on any atom is -0.481 e. The zero-order chi connectivity index (χ0) is 34.2. The van der Waals surface area contributed by atoms with Crippen LogP contribution in [0.15, 0.2) is 91.3 Å². The number of ether oxygens (including phenoxy) is 2. The van der Waals surface area contributed by atoms with E-state index in [1.54, 1.807) is 12.4 Å². The van der Waals surface area contributed by atoms with Crippen molar-refractivity contribution in [3.8, 4) is 11.1 Å². The largest absolute Gasteiger partial charge is 0.481 e. The van der Waals surface area contributed by atoms with E-state index >= 15 is 0 Å². The lowest BCUT2D eigenvalue weighted by molar-refractivity contribution is -0.276. The third-order valence-corrected chi connectivity index (χ3v) is 9.24. The third kappa shape index (κ3) is 8.87. The van der Waals surface area contributed by atoms with E-state index in [1.165, 1.54) is 0 Å². The zero-order valence-electron chi connectivity index (χ0n) is 27.6. The molecule has 6 rings (SSSR count). The molecular weight excluding hydrogens is 622 g/mol. The summed E-state index contributed by atoms with van der Waals surface area (Å²) in [7, 11) is 0. The quantitative estimate of drug-likeness (QED) is 0.195. The molecule has 0 radical (unpaired) electrons. The number of carboxylic acids is 1. The highest BCUT2D eigenvalue weighted by atomic mass is 16.7. The highest BCUT2D eigenvalue weighted by Gasteiger charge is 2.39. The van der Waals surface area contributed by atoms with E-state index in [9.17, 15) is 14.7 Å². The Bertz CT molecular complexity index is 1700. The van der Waals surface area contributed by atoms with Crippen LogP contribution in [0.2, 0.25) is 0 Å². The van der Waals surface area contributed by atoms with Gasteiger partial charge in [0.1, 0.15) is 0 Å². The molecule has 256 valence electrons. The number of aliphatic carboxylic acids is 1. The lowest BCUT2D eigenvalue weighted by Crippen LogP contribution is -2.51. The van der Waals surface area contributed by atoms with Crippen molar-refractivity contribution in [2.75, 3.05) is 37.6 Å². The Kier molecular flexibility index (Phi) is 11.3. The van der Waals surface area contributed by atoms with Gasteiger partial charge in [-0.15, -0.1) is 0 Å². The van der Waals surface area contributed by atoms with E-state index in [-0.39, 0.29) is 43.5 Å². The van der Waals surface area contributed by atoms with Crippen LogP contribution in [-0.4, -0.2) is 75.8 Å². The van der Waals surface area contributed by atoms with Crippen LogP contribution in [0.3, 0.4) is 0 Å². The van der Waals surface area contributed by atoms with Gasteiger partial charge in [-0.05, 0) is 46.0 Å². The molecular formula is C38H43N5O6. The topological polar surface area (TPSA) is 137 Å². The maximum atomic E-state index is 12.1. The van der Waals surface area contributed by atoms with Gasteiger partial charge in [-0.1, -0.05) is 67.6 Å². The molecule has 0 spiro atoms. The molecule has 0 unspecified atom stereocenters. The van der Waals surface area contributed by atoms with Crippen LogP contribution in [0.1, 0.15) is 54.4 Å². The fourth-order valence-corrected chi connectivity index (χ4v) is 6.40. The average molecular weight is 666 g/mol. The van der Waals surface area contributed by atoms with Gasteiger partial charge in [-0.2, -0.15) is 0 Å². The van der Waals surface area contributed by atoms with E-state index < -0.39 is 12.3 Å². The summed E-state index contributed by atoms with van der Waals surface area (Å²) < 4.78 is 13.5. The second-order valence-electron chi connectivity index (χ2n) is 12.7. The van der Waals surface area contributed by atoms with Gasteiger partial charge < -0.3 is 29.9 Å². The lowest BCUT2D eigenvalue weighted by Gasteiger charge is -2.44. The lowest BCUT2D eigenvalue weighted by atomic mass is 9.89. The van der Waals surface area contributed by atoms with Gasteiger partial charge in [0.25, 0.3) is 0 Å². The average Bonchev–Trinajstić information content (AvgIpc) is 3.15. The second kappa shape index (κ2) is 16.1. The van der Waals surface area contributed by atoms with E-state index in [1.807, 2.05) is 72.8 Å². The molecule has 0 aliphatic carbocycles. The molecule has 2 fully saturated rings. The number of rotatable bonds is 12. The summed E-state index contributed by atoms with van der Waals surface area (Å²) in [6.07, 6.45) is 2.39. The van der Waals surface area contributed by atoms with E-state index in [0.717, 1.165) is 72.1 Å². The summed E-state index contributed by atoms with van der Waals surface area (Å²) in [5.74, 6) is -0.461. The Labute approximate surface area is 286 Å². The Morgan fingerprint density at radius 2 is 1.55 bits per heavy atom. The van der Waals surface area contributed by atoms with Crippen molar-refractivity contribution in [3.63, 3.8) is 0 Å². The Balaban J connectivity index is 1.18. The summed E-state index contributed by atoms with van der Waals surface area (Å²) >= 11 is 0. The number of piperazine rings is 1. The van der Waals surface area contributed by atoms with E-state index in [4.69, 9.17) is 14.6 Å². The molecule has 0 saturated carbocycles. The molecule has 49 heavy (non-hydrogen) atoms. The molecule has 2 aliphatic heterocycles. The zero-order valence-corrected chi connectivity index (χ0v) is 27.6. The van der Waals surface area contributed by atoms with Crippen molar-refractivity contribution in [2.45, 2.75) is 51.4 Å². The number of carbonyl (C=O) groups is 2. The first-order valence-corrected chi connectivity index (χ1v) is 16.8. The fraction of sp³-hybridized carbons (Fsp3) is 0.368. The number of hydrogen-bond acceptors (Lipinski definition) is 9. The summed E-state index contributed by atoms with van der Waals surface area (Å²) in [5.41, 5.74) is 5.69. The summed E-state index contributed by atoms with van der Waals surface area (Å²) in [5, 5.41) is 21.3. The van der Waals surface area contributed by atoms with Crippen LogP contribution in [-0.2, 0) is 32.2 Å². The number of aromatic nitrogens is 2. The molecule has 2 aliphatic rings. The highest BCUT2D eigenvalue weighted by molar-refractivity contribution is 5.80. The number of hydrogen-bond donors (Lipinski definition) is 3. The van der Waals surface area contributed by atoms with Crippen LogP contribution in [0, 0.1) is 5.92 Å². The van der Waals surface area contributed by atoms with Gasteiger partial charge in [0.2, 0.25) is 11.9 Å². The molecule has 4 aromatic rings. The number of carboxylic acid groups (broad SMARTS) is 1. The van der Waals surface area contributed by atoms with Crippen LogP contribution in [0.25, 0.3) is 11.1 Å². The van der Waals surface area contributed by atoms with Crippen LogP contribution < -0.4 is 10.2 Å². The Hall–Kier alpha value is -4.68. The van der Waals surface area contributed by atoms with Crippen molar-refractivity contribution in [1.29, 1.82) is 0 Å². The number of anilines is 1.